The van der Waals surface area contributed by atoms with Crippen molar-refractivity contribution >= 4 is 16.4 Å². The van der Waals surface area contributed by atoms with Crippen LogP contribution < -0.4 is 0 Å². The quantitative estimate of drug-likeness (QED) is 0.502. The largest absolute Gasteiger partial charge is 0.299 e. The number of nitrogens with zero attached hydrogens (tertiary/aromatic N) is 6. The SMILES string of the molecule is c1ccc(-c2nc(-n3ccc4cnccc43)c3cccn3n2)nc1. The number of aromatic nitrogens is 6. The molecule has 5 heterocycles. The van der Waals surface area contributed by atoms with Crippen molar-refractivity contribution in [2.75, 3.05) is 0 Å². The zero-order chi connectivity index (χ0) is 15.9. The fourth-order valence-corrected chi connectivity index (χ4v) is 2.87. The maximum Gasteiger partial charge on any atom is 0.200 e. The van der Waals surface area contributed by atoms with Gasteiger partial charge >= 0.3 is 0 Å². The van der Waals surface area contributed by atoms with Crippen LogP contribution in [0.1, 0.15) is 0 Å². The summed E-state index contributed by atoms with van der Waals surface area (Å²) >= 11 is 0. The molecule has 0 radical (unpaired) electrons. The molecule has 0 N–H and O–H groups in total. The van der Waals surface area contributed by atoms with Gasteiger partial charge in [0.25, 0.3) is 0 Å². The van der Waals surface area contributed by atoms with E-state index in [4.69, 9.17) is 4.98 Å². The molecular formula is C18H12N6. The van der Waals surface area contributed by atoms with Crippen LogP contribution in [-0.2, 0) is 0 Å². The summed E-state index contributed by atoms with van der Waals surface area (Å²) in [6.45, 7) is 0. The third-order valence-electron chi connectivity index (χ3n) is 3.98. The summed E-state index contributed by atoms with van der Waals surface area (Å²) in [5, 5.41) is 5.64. The first-order valence-electron chi connectivity index (χ1n) is 7.58. The Bertz CT molecular complexity index is 1160. The van der Waals surface area contributed by atoms with Crippen molar-refractivity contribution in [1.29, 1.82) is 0 Å². The number of fused-ring (bicyclic) bond motifs is 2. The molecule has 5 rings (SSSR count). The summed E-state index contributed by atoms with van der Waals surface area (Å²) in [5.41, 5.74) is 2.73. The second-order valence-electron chi connectivity index (χ2n) is 5.43. The summed E-state index contributed by atoms with van der Waals surface area (Å²) < 4.78 is 3.89. The molecule has 0 saturated carbocycles. The zero-order valence-electron chi connectivity index (χ0n) is 12.6. The first-order valence-corrected chi connectivity index (χ1v) is 7.58. The molecule has 6 nitrogen and oxygen atoms in total. The van der Waals surface area contributed by atoms with Crippen LogP contribution in [0.4, 0.5) is 0 Å². The smallest absolute Gasteiger partial charge is 0.200 e. The molecule has 0 aliphatic carbocycles. The summed E-state index contributed by atoms with van der Waals surface area (Å²) in [6.07, 6.45) is 9.30. The van der Waals surface area contributed by atoms with Gasteiger partial charge in [-0.05, 0) is 36.4 Å². The van der Waals surface area contributed by atoms with Crippen molar-refractivity contribution in [2.45, 2.75) is 0 Å². The summed E-state index contributed by atoms with van der Waals surface area (Å²) in [6, 6.07) is 13.7. The number of hydrogen-bond acceptors (Lipinski definition) is 4. The van der Waals surface area contributed by atoms with E-state index < -0.39 is 0 Å². The van der Waals surface area contributed by atoms with Crippen LogP contribution in [0.5, 0.6) is 0 Å². The van der Waals surface area contributed by atoms with Gasteiger partial charge in [-0.1, -0.05) is 6.07 Å². The van der Waals surface area contributed by atoms with Gasteiger partial charge in [0.05, 0.1) is 5.52 Å². The van der Waals surface area contributed by atoms with Crippen molar-refractivity contribution in [3.63, 3.8) is 0 Å². The van der Waals surface area contributed by atoms with E-state index in [2.05, 4.69) is 19.6 Å². The topological polar surface area (TPSA) is 60.9 Å². The summed E-state index contributed by atoms with van der Waals surface area (Å²) in [7, 11) is 0. The fraction of sp³-hybridized carbons (Fsp3) is 0. The van der Waals surface area contributed by atoms with Gasteiger partial charge in [-0.15, -0.1) is 5.10 Å². The van der Waals surface area contributed by atoms with E-state index in [0.29, 0.717) is 5.82 Å². The second-order valence-corrected chi connectivity index (χ2v) is 5.43. The lowest BCUT2D eigenvalue weighted by molar-refractivity contribution is 0.881. The molecule has 0 fully saturated rings. The van der Waals surface area contributed by atoms with E-state index in [-0.39, 0.29) is 0 Å². The van der Waals surface area contributed by atoms with Gasteiger partial charge in [0.1, 0.15) is 11.2 Å². The number of rotatable bonds is 2. The molecule has 0 saturated heterocycles. The second kappa shape index (κ2) is 4.99. The molecular weight excluding hydrogens is 300 g/mol. The first kappa shape index (κ1) is 13.0. The van der Waals surface area contributed by atoms with E-state index in [1.807, 2.05) is 65.6 Å². The summed E-state index contributed by atoms with van der Waals surface area (Å²) in [5.74, 6) is 1.40. The standard InChI is InChI=1S/C18H12N6/c1-2-8-20-14(4-1)17-21-18(16-5-3-10-24(16)22-17)23-11-7-13-12-19-9-6-15(13)23/h1-12H. The van der Waals surface area contributed by atoms with E-state index in [9.17, 15) is 0 Å². The average Bonchev–Trinajstić information content (AvgIpc) is 3.28. The van der Waals surface area contributed by atoms with Gasteiger partial charge in [0, 0.05) is 36.4 Å². The molecule has 24 heavy (non-hydrogen) atoms. The highest BCUT2D eigenvalue weighted by atomic mass is 15.3. The van der Waals surface area contributed by atoms with Crippen molar-refractivity contribution in [3.05, 3.63) is 73.4 Å². The minimum Gasteiger partial charge on any atom is -0.299 e. The van der Waals surface area contributed by atoms with E-state index >= 15 is 0 Å². The highest BCUT2D eigenvalue weighted by molar-refractivity contribution is 5.82. The van der Waals surface area contributed by atoms with Gasteiger partial charge in [-0.3, -0.25) is 14.5 Å². The van der Waals surface area contributed by atoms with Gasteiger partial charge in [0.2, 0.25) is 5.82 Å². The molecule has 0 amide bonds. The van der Waals surface area contributed by atoms with Crippen molar-refractivity contribution in [2.24, 2.45) is 0 Å². The van der Waals surface area contributed by atoms with Gasteiger partial charge in [-0.2, -0.15) is 0 Å². The molecule has 0 atom stereocenters. The van der Waals surface area contributed by atoms with Crippen molar-refractivity contribution in [1.82, 2.24) is 29.1 Å². The van der Waals surface area contributed by atoms with E-state index in [1.165, 1.54) is 0 Å². The molecule has 6 heteroatoms. The molecule has 114 valence electrons. The van der Waals surface area contributed by atoms with E-state index in [1.54, 1.807) is 12.4 Å². The van der Waals surface area contributed by atoms with Crippen LogP contribution >= 0.6 is 0 Å². The Hall–Kier alpha value is -3.54. The molecule has 5 aromatic rings. The highest BCUT2D eigenvalue weighted by Gasteiger charge is 2.13. The van der Waals surface area contributed by atoms with Gasteiger partial charge in [0.15, 0.2) is 5.82 Å². The lowest BCUT2D eigenvalue weighted by atomic mass is 10.3. The van der Waals surface area contributed by atoms with Crippen LogP contribution in [-0.4, -0.2) is 29.1 Å². The predicted molar refractivity (Wildman–Crippen MR) is 90.8 cm³/mol. The third-order valence-corrected chi connectivity index (χ3v) is 3.98. The Balaban J connectivity index is 1.83. The van der Waals surface area contributed by atoms with Gasteiger partial charge < -0.3 is 0 Å². The molecule has 0 aliphatic heterocycles. The molecule has 0 aliphatic rings. The first-order chi connectivity index (χ1) is 11.9. The van der Waals surface area contributed by atoms with Crippen LogP contribution in [0.15, 0.2) is 73.4 Å². The Labute approximate surface area is 137 Å². The molecule has 0 aromatic carbocycles. The maximum absolute atomic E-state index is 4.78. The minimum absolute atomic E-state index is 0.588. The lowest BCUT2D eigenvalue weighted by Gasteiger charge is -2.09. The lowest BCUT2D eigenvalue weighted by Crippen LogP contribution is -2.05. The van der Waals surface area contributed by atoms with Crippen LogP contribution in [0, 0.1) is 0 Å². The monoisotopic (exact) mass is 312 g/mol. The van der Waals surface area contributed by atoms with Crippen LogP contribution in [0.2, 0.25) is 0 Å². The number of hydrogen-bond donors (Lipinski definition) is 0. The average molecular weight is 312 g/mol. The fourth-order valence-electron chi connectivity index (χ4n) is 2.87. The zero-order valence-corrected chi connectivity index (χ0v) is 12.6. The predicted octanol–water partition coefficient (Wildman–Crippen LogP) is 3.13. The Morgan fingerprint density at radius 1 is 0.833 bits per heavy atom. The van der Waals surface area contributed by atoms with Crippen molar-refractivity contribution < 1.29 is 0 Å². The van der Waals surface area contributed by atoms with Crippen LogP contribution in [0.25, 0.3) is 33.8 Å². The third kappa shape index (κ3) is 1.90. The van der Waals surface area contributed by atoms with Crippen LogP contribution in [0.3, 0.4) is 0 Å². The van der Waals surface area contributed by atoms with Gasteiger partial charge in [-0.25, -0.2) is 9.50 Å². The Morgan fingerprint density at radius 2 is 1.83 bits per heavy atom. The molecule has 0 spiro atoms. The van der Waals surface area contributed by atoms with E-state index in [0.717, 1.165) is 27.9 Å². The summed E-state index contributed by atoms with van der Waals surface area (Å²) in [4.78, 5) is 13.3. The van der Waals surface area contributed by atoms with Crippen molar-refractivity contribution in [3.8, 4) is 17.3 Å². The highest BCUT2D eigenvalue weighted by Crippen LogP contribution is 2.23. The Kier molecular flexibility index (Phi) is 2.69. The number of pyridine rings is 2. The molecule has 0 unspecified atom stereocenters. The Morgan fingerprint density at radius 3 is 2.75 bits per heavy atom. The minimum atomic E-state index is 0.588. The normalized spacial score (nSPS) is 11.3. The molecule has 5 aromatic heterocycles. The molecule has 0 bridgehead atoms. The maximum atomic E-state index is 4.78.